The van der Waals surface area contributed by atoms with Crippen molar-refractivity contribution in [3.63, 3.8) is 0 Å². The van der Waals surface area contributed by atoms with E-state index in [0.29, 0.717) is 24.6 Å². The fourth-order valence-corrected chi connectivity index (χ4v) is 6.86. The molecule has 1 saturated carbocycles. The van der Waals surface area contributed by atoms with Crippen molar-refractivity contribution in [3.05, 3.63) is 58.7 Å². The average molecular weight is 571 g/mol. The van der Waals surface area contributed by atoms with E-state index >= 15 is 0 Å². The van der Waals surface area contributed by atoms with Gasteiger partial charge in [-0.2, -0.15) is 0 Å². The summed E-state index contributed by atoms with van der Waals surface area (Å²) in [7, 11) is 9.43. The first-order valence-corrected chi connectivity index (χ1v) is 15.4. The molecule has 7 nitrogen and oxygen atoms in total. The lowest BCUT2D eigenvalue weighted by molar-refractivity contribution is -0.126. The van der Waals surface area contributed by atoms with Crippen molar-refractivity contribution < 1.29 is 14.3 Å². The first-order valence-electron chi connectivity index (χ1n) is 15.4. The fourth-order valence-electron chi connectivity index (χ4n) is 6.86. The van der Waals surface area contributed by atoms with Gasteiger partial charge in [-0.15, -0.1) is 0 Å². The van der Waals surface area contributed by atoms with E-state index in [9.17, 15) is 9.59 Å². The van der Waals surface area contributed by atoms with Gasteiger partial charge in [0.1, 0.15) is 5.75 Å². The second-order valence-electron chi connectivity index (χ2n) is 12.2. The molecule has 5 rings (SSSR count). The minimum atomic E-state index is -0.106. The molecule has 2 aliphatic rings. The van der Waals surface area contributed by atoms with E-state index in [1.807, 2.05) is 30.1 Å². The molecule has 0 bridgehead atoms. The maximum atomic E-state index is 14.2. The third kappa shape index (κ3) is 5.71. The van der Waals surface area contributed by atoms with Crippen molar-refractivity contribution in [1.29, 1.82) is 0 Å². The van der Waals surface area contributed by atoms with Gasteiger partial charge in [-0.05, 0) is 106 Å². The largest absolute Gasteiger partial charge is 0.497 e. The number of fused-ring (bicyclic) bond motifs is 5. The molecule has 0 radical (unpaired) electrons. The molecule has 3 aromatic rings. The van der Waals surface area contributed by atoms with Crippen LogP contribution >= 0.6 is 0 Å². The SMILES string of the molecule is CNC(=O)c1ccc2c(C3CCCCC3)c3n(c2c1)CC(C(=O)N(C)CCCCN(C)C)=C(C)c1cc(OC)ccc1-3. The van der Waals surface area contributed by atoms with Gasteiger partial charge in [0.25, 0.3) is 11.8 Å². The second-order valence-corrected chi connectivity index (χ2v) is 12.2. The average Bonchev–Trinajstić information content (AvgIpc) is 3.27. The first-order chi connectivity index (χ1) is 20.2. The Morgan fingerprint density at radius 1 is 0.976 bits per heavy atom. The molecule has 1 aliphatic carbocycles. The summed E-state index contributed by atoms with van der Waals surface area (Å²) in [6, 6.07) is 12.4. The predicted molar refractivity (Wildman–Crippen MR) is 171 cm³/mol. The summed E-state index contributed by atoms with van der Waals surface area (Å²) < 4.78 is 7.99. The van der Waals surface area contributed by atoms with E-state index in [0.717, 1.165) is 65.8 Å². The lowest BCUT2D eigenvalue weighted by Crippen LogP contribution is -2.31. The maximum Gasteiger partial charge on any atom is 0.251 e. The molecule has 1 fully saturated rings. The standard InChI is InChI=1S/C35H46N4O3/c1-23-29-21-26(42-6)15-17-27(29)33-32(24-12-8-7-9-13-24)28-16-14-25(34(40)36-2)20-31(28)39(33)22-30(23)35(41)38(5)19-11-10-18-37(3)4/h14-17,20-21,24H,7-13,18-19,22H2,1-6H3,(H,36,40). The Balaban J connectivity index is 1.70. The van der Waals surface area contributed by atoms with Crippen molar-refractivity contribution in [2.45, 2.75) is 64.3 Å². The van der Waals surface area contributed by atoms with Crippen LogP contribution in [0.2, 0.25) is 0 Å². The van der Waals surface area contributed by atoms with Crippen molar-refractivity contribution in [3.8, 4) is 17.0 Å². The van der Waals surface area contributed by atoms with Crippen molar-refractivity contribution in [2.75, 3.05) is 48.4 Å². The number of rotatable bonds is 9. The van der Waals surface area contributed by atoms with E-state index in [-0.39, 0.29) is 11.8 Å². The highest BCUT2D eigenvalue weighted by Gasteiger charge is 2.32. The minimum Gasteiger partial charge on any atom is -0.497 e. The van der Waals surface area contributed by atoms with Crippen LogP contribution in [0.5, 0.6) is 5.75 Å². The van der Waals surface area contributed by atoms with Gasteiger partial charge >= 0.3 is 0 Å². The Kier molecular flexibility index (Phi) is 9.07. The second kappa shape index (κ2) is 12.7. The van der Waals surface area contributed by atoms with Crippen LogP contribution in [0, 0.1) is 0 Å². The number of hydrogen-bond acceptors (Lipinski definition) is 4. The fraction of sp³-hybridized carbons (Fsp3) is 0.486. The molecule has 1 N–H and O–H groups in total. The number of benzene rings is 2. The van der Waals surface area contributed by atoms with Crippen LogP contribution < -0.4 is 10.1 Å². The van der Waals surface area contributed by atoms with Gasteiger partial charge < -0.3 is 24.4 Å². The van der Waals surface area contributed by atoms with E-state index in [1.165, 1.54) is 35.9 Å². The van der Waals surface area contributed by atoms with Crippen molar-refractivity contribution in [1.82, 2.24) is 19.7 Å². The van der Waals surface area contributed by atoms with Crippen molar-refractivity contribution in [2.24, 2.45) is 0 Å². The Morgan fingerprint density at radius 2 is 1.71 bits per heavy atom. The molecule has 2 aromatic carbocycles. The van der Waals surface area contributed by atoms with Gasteiger partial charge in [-0.3, -0.25) is 9.59 Å². The smallest absolute Gasteiger partial charge is 0.251 e. The van der Waals surface area contributed by atoms with Crippen LogP contribution in [0.4, 0.5) is 0 Å². The first kappa shape index (κ1) is 29.9. The summed E-state index contributed by atoms with van der Waals surface area (Å²) in [5.41, 5.74) is 8.14. The molecule has 1 aliphatic heterocycles. The zero-order chi connectivity index (χ0) is 30.0. The molecule has 0 saturated heterocycles. The minimum absolute atomic E-state index is 0.0579. The molecule has 0 unspecified atom stereocenters. The normalized spacial score (nSPS) is 15.4. The number of nitrogens with zero attached hydrogens (tertiary/aromatic N) is 3. The zero-order valence-corrected chi connectivity index (χ0v) is 26.2. The number of methoxy groups -OCH3 is 1. The summed E-state index contributed by atoms with van der Waals surface area (Å²) in [6.45, 7) is 4.25. The number of hydrogen-bond donors (Lipinski definition) is 1. The van der Waals surface area contributed by atoms with Crippen LogP contribution in [0.1, 0.15) is 79.3 Å². The van der Waals surface area contributed by atoms with Gasteiger partial charge in [-0.25, -0.2) is 0 Å². The number of carbonyl (C=O) groups excluding carboxylic acids is 2. The maximum absolute atomic E-state index is 14.2. The molecule has 2 amide bonds. The summed E-state index contributed by atoms with van der Waals surface area (Å²) in [5, 5.41) is 3.97. The van der Waals surface area contributed by atoms with Gasteiger partial charge in [0, 0.05) is 48.2 Å². The zero-order valence-electron chi connectivity index (χ0n) is 26.2. The molecule has 2 heterocycles. The van der Waals surface area contributed by atoms with Gasteiger partial charge in [0.15, 0.2) is 0 Å². The van der Waals surface area contributed by atoms with Crippen LogP contribution in [-0.4, -0.2) is 74.6 Å². The van der Waals surface area contributed by atoms with Crippen LogP contribution in [0.3, 0.4) is 0 Å². The monoisotopic (exact) mass is 570 g/mol. The van der Waals surface area contributed by atoms with Crippen LogP contribution in [0.15, 0.2) is 42.0 Å². The number of allylic oxidation sites excluding steroid dienone is 1. The number of aromatic nitrogens is 1. The van der Waals surface area contributed by atoms with E-state index in [1.54, 1.807) is 14.2 Å². The third-order valence-corrected chi connectivity index (χ3v) is 9.21. The summed E-state index contributed by atoms with van der Waals surface area (Å²) in [4.78, 5) is 31.0. The lowest BCUT2D eigenvalue weighted by atomic mass is 9.81. The number of carbonyl (C=O) groups is 2. The molecule has 0 atom stereocenters. The summed E-state index contributed by atoms with van der Waals surface area (Å²) in [6.07, 6.45) is 8.04. The Morgan fingerprint density at radius 3 is 2.40 bits per heavy atom. The van der Waals surface area contributed by atoms with E-state index in [4.69, 9.17) is 4.74 Å². The lowest BCUT2D eigenvalue weighted by Gasteiger charge is -2.24. The molecular formula is C35H46N4O3. The Labute approximate surface area is 250 Å². The highest BCUT2D eigenvalue weighted by Crippen LogP contribution is 2.48. The van der Waals surface area contributed by atoms with Crippen LogP contribution in [0.25, 0.3) is 27.7 Å². The van der Waals surface area contributed by atoms with Gasteiger partial charge in [0.2, 0.25) is 0 Å². The molecule has 224 valence electrons. The highest BCUT2D eigenvalue weighted by molar-refractivity contribution is 6.06. The number of ether oxygens (including phenoxy) is 1. The molecule has 42 heavy (non-hydrogen) atoms. The van der Waals surface area contributed by atoms with Crippen molar-refractivity contribution >= 4 is 28.3 Å². The predicted octanol–water partition coefficient (Wildman–Crippen LogP) is 6.31. The third-order valence-electron chi connectivity index (χ3n) is 9.21. The summed E-state index contributed by atoms with van der Waals surface area (Å²) >= 11 is 0. The molecule has 1 aromatic heterocycles. The summed E-state index contributed by atoms with van der Waals surface area (Å²) in [5.74, 6) is 1.17. The number of nitrogens with one attached hydrogen (secondary N) is 1. The van der Waals surface area contributed by atoms with Crippen LogP contribution in [-0.2, 0) is 11.3 Å². The number of unbranched alkanes of at least 4 members (excludes halogenated alkanes) is 1. The van der Waals surface area contributed by atoms with E-state index < -0.39 is 0 Å². The number of amides is 2. The molecule has 7 heteroatoms. The quantitative estimate of drug-likeness (QED) is 0.306. The Bertz CT molecular complexity index is 1510. The highest BCUT2D eigenvalue weighted by atomic mass is 16.5. The van der Waals surface area contributed by atoms with Gasteiger partial charge in [0.05, 0.1) is 19.3 Å². The Hall–Kier alpha value is -3.58. The van der Waals surface area contributed by atoms with Gasteiger partial charge in [-0.1, -0.05) is 25.3 Å². The number of likely N-dealkylation sites (N-methyl/N-ethyl adjacent to an activating group) is 1. The molecular weight excluding hydrogens is 524 g/mol. The topological polar surface area (TPSA) is 66.8 Å². The molecule has 0 spiro atoms. The van der Waals surface area contributed by atoms with E-state index in [2.05, 4.69) is 54.0 Å².